The fraction of sp³-hybridized carbons (Fsp3) is 0. The van der Waals surface area contributed by atoms with Crippen LogP contribution in [0.2, 0.25) is 0 Å². The van der Waals surface area contributed by atoms with Crippen LogP contribution < -0.4 is 0 Å². The van der Waals surface area contributed by atoms with Crippen molar-refractivity contribution in [2.24, 2.45) is 0 Å². The maximum Gasteiger partial charge on any atom is 0.162 e. The number of para-hydroxylation sites is 1. The molecular formula is C48H29N3. The summed E-state index contributed by atoms with van der Waals surface area (Å²) in [4.78, 5) is 10.7. The standard InChI is InChI=1S/C48H29N3/c1-2-13-30(14-3-1)34-22-12-24-44-46(34)42-27-31-15-4-5-16-32(31)29-45(42)51(44)48-40-21-10-11-23-43(40)49-47(50-48)33-25-26-39-37-19-7-6-17-35(37)36-18-8-9-20-38(36)41(39)28-33/h1-29H. The first-order chi connectivity index (χ1) is 25.3. The molecule has 0 saturated heterocycles. The van der Waals surface area contributed by atoms with Crippen molar-refractivity contribution >= 4 is 75.8 Å². The van der Waals surface area contributed by atoms with Gasteiger partial charge >= 0.3 is 0 Å². The van der Waals surface area contributed by atoms with Crippen molar-refractivity contribution in [3.05, 3.63) is 176 Å². The van der Waals surface area contributed by atoms with Gasteiger partial charge in [0.1, 0.15) is 5.82 Å². The van der Waals surface area contributed by atoms with Gasteiger partial charge in [-0.1, -0.05) is 140 Å². The van der Waals surface area contributed by atoms with E-state index in [1.807, 2.05) is 0 Å². The van der Waals surface area contributed by atoms with Gasteiger partial charge in [0.2, 0.25) is 0 Å². The second-order valence-corrected chi connectivity index (χ2v) is 13.4. The minimum Gasteiger partial charge on any atom is -0.293 e. The molecule has 0 amide bonds. The Hall–Kier alpha value is -6.84. The highest BCUT2D eigenvalue weighted by Crippen LogP contribution is 2.42. The third-order valence-electron chi connectivity index (χ3n) is 10.5. The molecule has 0 spiro atoms. The van der Waals surface area contributed by atoms with E-state index in [9.17, 15) is 0 Å². The minimum absolute atomic E-state index is 0.706. The average molecular weight is 648 g/mol. The molecule has 0 aliphatic rings. The van der Waals surface area contributed by atoms with Gasteiger partial charge in [-0.15, -0.1) is 0 Å². The van der Waals surface area contributed by atoms with Crippen LogP contribution in [0.15, 0.2) is 176 Å². The Kier molecular flexibility index (Phi) is 5.96. The number of benzene rings is 9. The molecule has 51 heavy (non-hydrogen) atoms. The average Bonchev–Trinajstić information content (AvgIpc) is 3.52. The molecular weight excluding hydrogens is 619 g/mol. The Morgan fingerprint density at radius 3 is 1.71 bits per heavy atom. The van der Waals surface area contributed by atoms with Crippen molar-refractivity contribution in [3.8, 4) is 28.3 Å². The number of hydrogen-bond donors (Lipinski definition) is 0. The van der Waals surface area contributed by atoms with Crippen LogP contribution in [-0.2, 0) is 0 Å². The molecule has 0 bridgehead atoms. The lowest BCUT2D eigenvalue weighted by Gasteiger charge is -2.14. The maximum atomic E-state index is 5.50. The summed E-state index contributed by atoms with van der Waals surface area (Å²) in [5.74, 6) is 1.58. The smallest absolute Gasteiger partial charge is 0.162 e. The Morgan fingerprint density at radius 1 is 0.353 bits per heavy atom. The highest BCUT2D eigenvalue weighted by molar-refractivity contribution is 6.26. The first-order valence-electron chi connectivity index (χ1n) is 17.4. The quantitative estimate of drug-likeness (QED) is 0.179. The molecule has 0 saturated carbocycles. The topological polar surface area (TPSA) is 30.7 Å². The summed E-state index contributed by atoms with van der Waals surface area (Å²) in [7, 11) is 0. The van der Waals surface area contributed by atoms with Gasteiger partial charge in [0, 0.05) is 21.7 Å². The van der Waals surface area contributed by atoms with Gasteiger partial charge in [-0.3, -0.25) is 4.57 Å². The van der Waals surface area contributed by atoms with Crippen molar-refractivity contribution in [1.29, 1.82) is 0 Å². The first kappa shape index (κ1) is 28.0. The summed E-state index contributed by atoms with van der Waals surface area (Å²) in [6, 6.07) is 63.2. The lowest BCUT2D eigenvalue weighted by Crippen LogP contribution is -2.02. The van der Waals surface area contributed by atoms with Crippen LogP contribution in [-0.4, -0.2) is 14.5 Å². The van der Waals surface area contributed by atoms with Crippen LogP contribution >= 0.6 is 0 Å². The van der Waals surface area contributed by atoms with Gasteiger partial charge in [0.25, 0.3) is 0 Å². The Labute approximate surface area is 293 Å². The Balaban J connectivity index is 1.24. The third kappa shape index (κ3) is 4.19. The highest BCUT2D eigenvalue weighted by atomic mass is 15.1. The molecule has 3 nitrogen and oxygen atoms in total. The Bertz CT molecular complexity index is 3160. The van der Waals surface area contributed by atoms with Gasteiger partial charge in [-0.25, -0.2) is 9.97 Å². The van der Waals surface area contributed by atoms with Crippen molar-refractivity contribution in [1.82, 2.24) is 14.5 Å². The molecule has 11 aromatic rings. The van der Waals surface area contributed by atoms with Gasteiger partial charge in [0.05, 0.1) is 16.6 Å². The van der Waals surface area contributed by atoms with Crippen LogP contribution in [0.3, 0.4) is 0 Å². The van der Waals surface area contributed by atoms with Crippen molar-refractivity contribution < 1.29 is 0 Å². The van der Waals surface area contributed by atoms with E-state index in [0.717, 1.165) is 33.3 Å². The molecule has 236 valence electrons. The molecule has 2 heterocycles. The van der Waals surface area contributed by atoms with Crippen LogP contribution in [0.25, 0.3) is 104 Å². The predicted octanol–water partition coefficient (Wildman–Crippen LogP) is 12.7. The van der Waals surface area contributed by atoms with E-state index in [-0.39, 0.29) is 0 Å². The van der Waals surface area contributed by atoms with E-state index in [1.54, 1.807) is 0 Å². The van der Waals surface area contributed by atoms with Gasteiger partial charge < -0.3 is 0 Å². The monoisotopic (exact) mass is 647 g/mol. The molecule has 0 unspecified atom stereocenters. The fourth-order valence-corrected chi connectivity index (χ4v) is 8.25. The number of nitrogens with zero attached hydrogens (tertiary/aromatic N) is 3. The molecule has 0 N–H and O–H groups in total. The van der Waals surface area contributed by atoms with E-state index < -0.39 is 0 Å². The van der Waals surface area contributed by atoms with E-state index in [0.29, 0.717) is 5.82 Å². The van der Waals surface area contributed by atoms with Crippen molar-refractivity contribution in [2.75, 3.05) is 0 Å². The van der Waals surface area contributed by atoms with Gasteiger partial charge in [0.15, 0.2) is 5.82 Å². The van der Waals surface area contributed by atoms with E-state index in [2.05, 4.69) is 180 Å². The summed E-state index contributed by atoms with van der Waals surface area (Å²) in [5, 5.41) is 13.3. The molecule has 3 heteroatoms. The normalized spacial score (nSPS) is 11.9. The largest absolute Gasteiger partial charge is 0.293 e. The summed E-state index contributed by atoms with van der Waals surface area (Å²) < 4.78 is 2.36. The lowest BCUT2D eigenvalue weighted by atomic mass is 9.93. The first-order valence-corrected chi connectivity index (χ1v) is 17.4. The molecule has 0 atom stereocenters. The number of aromatic nitrogens is 3. The second kappa shape index (κ2) is 10.8. The SMILES string of the molecule is c1ccc(-c2cccc3c2c2cc4ccccc4cc2n3-c2nc(-c3ccc4c5ccccc5c5ccccc5c4c3)nc3ccccc23)cc1. The number of fused-ring (bicyclic) bond motifs is 11. The zero-order valence-electron chi connectivity index (χ0n) is 27.6. The zero-order valence-corrected chi connectivity index (χ0v) is 27.6. The van der Waals surface area contributed by atoms with E-state index >= 15 is 0 Å². The summed E-state index contributed by atoms with van der Waals surface area (Å²) in [6.07, 6.45) is 0. The van der Waals surface area contributed by atoms with E-state index in [4.69, 9.17) is 9.97 Å². The molecule has 0 aliphatic heterocycles. The van der Waals surface area contributed by atoms with Gasteiger partial charge in [-0.2, -0.15) is 0 Å². The lowest BCUT2D eigenvalue weighted by molar-refractivity contribution is 1.08. The molecule has 9 aromatic carbocycles. The molecule has 0 fully saturated rings. The summed E-state index contributed by atoms with van der Waals surface area (Å²) in [5.41, 5.74) is 6.55. The van der Waals surface area contributed by atoms with Gasteiger partial charge in [-0.05, 0) is 90.6 Å². The maximum absolute atomic E-state index is 5.50. The summed E-state index contributed by atoms with van der Waals surface area (Å²) in [6.45, 7) is 0. The zero-order chi connectivity index (χ0) is 33.5. The molecule has 0 aliphatic carbocycles. The number of rotatable bonds is 3. The van der Waals surface area contributed by atoms with E-state index in [1.165, 1.54) is 65.0 Å². The van der Waals surface area contributed by atoms with Crippen molar-refractivity contribution in [2.45, 2.75) is 0 Å². The highest BCUT2D eigenvalue weighted by Gasteiger charge is 2.21. The van der Waals surface area contributed by atoms with Crippen LogP contribution in [0, 0.1) is 0 Å². The van der Waals surface area contributed by atoms with Crippen molar-refractivity contribution in [3.63, 3.8) is 0 Å². The summed E-state index contributed by atoms with van der Waals surface area (Å²) >= 11 is 0. The molecule has 2 aromatic heterocycles. The van der Waals surface area contributed by atoms with Crippen LogP contribution in [0.1, 0.15) is 0 Å². The fourth-order valence-electron chi connectivity index (χ4n) is 8.25. The second-order valence-electron chi connectivity index (χ2n) is 13.4. The minimum atomic E-state index is 0.706. The third-order valence-corrected chi connectivity index (χ3v) is 10.5. The molecule has 0 radical (unpaired) electrons. The van der Waals surface area contributed by atoms with Crippen LogP contribution in [0.5, 0.6) is 0 Å². The molecule has 11 rings (SSSR count). The Morgan fingerprint density at radius 2 is 0.961 bits per heavy atom. The van der Waals surface area contributed by atoms with Crippen LogP contribution in [0.4, 0.5) is 0 Å². The predicted molar refractivity (Wildman–Crippen MR) is 215 cm³/mol. The number of hydrogen-bond acceptors (Lipinski definition) is 2.